The van der Waals surface area contributed by atoms with Crippen molar-refractivity contribution in [1.82, 2.24) is 0 Å². The molecule has 0 spiro atoms. The molecule has 1 fully saturated rings. The molecule has 2 aliphatic rings. The normalized spacial score (nSPS) is 43.3. The molecule has 2 atom stereocenters. The van der Waals surface area contributed by atoms with Crippen LogP contribution in [0.4, 0.5) is 0 Å². The van der Waals surface area contributed by atoms with Crippen molar-refractivity contribution in [1.29, 1.82) is 0 Å². The van der Waals surface area contributed by atoms with Gasteiger partial charge in [-0.05, 0) is 32.3 Å². The molecular weight excluding hydrogens is 192 g/mol. The van der Waals surface area contributed by atoms with Gasteiger partial charge in [-0.2, -0.15) is 0 Å². The van der Waals surface area contributed by atoms with Crippen molar-refractivity contribution in [2.45, 2.75) is 51.2 Å². The fourth-order valence-corrected chi connectivity index (χ4v) is 2.94. The molecule has 3 nitrogen and oxygen atoms in total. The minimum Gasteiger partial charge on any atom is -0.453 e. The third-order valence-corrected chi connectivity index (χ3v) is 4.08. The number of hydrogen-bond donors (Lipinski definition) is 1. The average molecular weight is 210 g/mol. The predicted octanol–water partition coefficient (Wildman–Crippen LogP) is 1.80. The number of carbonyl (C=O) groups is 1. The number of ether oxygens (including phenoxy) is 1. The van der Waals surface area contributed by atoms with Crippen molar-refractivity contribution in [3.8, 4) is 0 Å². The second kappa shape index (κ2) is 2.85. The molecule has 0 radical (unpaired) electrons. The molecule has 1 N–H and O–H groups in total. The highest BCUT2D eigenvalue weighted by atomic mass is 16.6. The number of hydrogen-bond acceptors (Lipinski definition) is 3. The van der Waals surface area contributed by atoms with Crippen LogP contribution in [0.15, 0.2) is 12.2 Å². The van der Waals surface area contributed by atoms with Crippen LogP contribution in [-0.4, -0.2) is 22.3 Å². The summed E-state index contributed by atoms with van der Waals surface area (Å²) in [7, 11) is 0. The lowest BCUT2D eigenvalue weighted by atomic mass is 9.58. The largest absolute Gasteiger partial charge is 0.453 e. The van der Waals surface area contributed by atoms with Gasteiger partial charge in [-0.25, -0.2) is 4.79 Å². The van der Waals surface area contributed by atoms with Crippen LogP contribution >= 0.6 is 0 Å². The maximum Gasteiger partial charge on any atom is 0.331 e. The fraction of sp³-hybridized carbons (Fsp3) is 0.750. The lowest BCUT2D eigenvalue weighted by Gasteiger charge is -2.56. The van der Waals surface area contributed by atoms with Crippen LogP contribution < -0.4 is 0 Å². The topological polar surface area (TPSA) is 46.5 Å². The van der Waals surface area contributed by atoms with Gasteiger partial charge >= 0.3 is 5.97 Å². The van der Waals surface area contributed by atoms with Gasteiger partial charge in [0.2, 0.25) is 0 Å². The average Bonchev–Trinajstić information content (AvgIpc) is 2.09. The van der Waals surface area contributed by atoms with E-state index in [2.05, 4.69) is 0 Å². The molecule has 1 heterocycles. The summed E-state index contributed by atoms with van der Waals surface area (Å²) in [6.45, 7) is 5.87. The molecule has 0 aromatic heterocycles. The molecule has 3 heteroatoms. The Labute approximate surface area is 90.1 Å². The van der Waals surface area contributed by atoms with E-state index < -0.39 is 11.2 Å². The minimum absolute atomic E-state index is 0.253. The van der Waals surface area contributed by atoms with Crippen molar-refractivity contribution in [2.24, 2.45) is 5.41 Å². The summed E-state index contributed by atoms with van der Waals surface area (Å²) in [5, 5.41) is 10.7. The molecule has 1 saturated carbocycles. The van der Waals surface area contributed by atoms with Crippen LogP contribution in [0.25, 0.3) is 0 Å². The predicted molar refractivity (Wildman–Crippen MR) is 56.2 cm³/mol. The SMILES string of the molecule is CC1(C)CCCC2(C)OC(=O)C=CC12O. The van der Waals surface area contributed by atoms with Crippen molar-refractivity contribution < 1.29 is 14.6 Å². The molecule has 1 aliphatic heterocycles. The summed E-state index contributed by atoms with van der Waals surface area (Å²) >= 11 is 0. The first-order valence-electron chi connectivity index (χ1n) is 5.45. The van der Waals surface area contributed by atoms with Gasteiger partial charge in [-0.3, -0.25) is 0 Å². The van der Waals surface area contributed by atoms with Crippen LogP contribution in [0.2, 0.25) is 0 Å². The van der Waals surface area contributed by atoms with Crippen LogP contribution in [0.3, 0.4) is 0 Å². The van der Waals surface area contributed by atoms with E-state index in [4.69, 9.17) is 4.74 Å². The van der Waals surface area contributed by atoms with Crippen molar-refractivity contribution in [3.63, 3.8) is 0 Å². The Kier molecular flexibility index (Phi) is 2.03. The third kappa shape index (κ3) is 1.26. The van der Waals surface area contributed by atoms with E-state index >= 15 is 0 Å². The van der Waals surface area contributed by atoms with Gasteiger partial charge in [-0.15, -0.1) is 0 Å². The summed E-state index contributed by atoms with van der Waals surface area (Å²) < 4.78 is 5.34. The molecule has 1 aliphatic carbocycles. The van der Waals surface area contributed by atoms with E-state index in [1.165, 1.54) is 6.08 Å². The second-order valence-corrected chi connectivity index (χ2v) is 5.49. The van der Waals surface area contributed by atoms with Gasteiger partial charge < -0.3 is 9.84 Å². The van der Waals surface area contributed by atoms with Gasteiger partial charge in [-0.1, -0.05) is 13.8 Å². The van der Waals surface area contributed by atoms with E-state index in [0.29, 0.717) is 0 Å². The molecule has 0 amide bonds. The van der Waals surface area contributed by atoms with Crippen LogP contribution in [0.1, 0.15) is 40.0 Å². The van der Waals surface area contributed by atoms with Gasteiger partial charge in [0.1, 0.15) is 11.2 Å². The zero-order valence-corrected chi connectivity index (χ0v) is 9.54. The third-order valence-electron chi connectivity index (χ3n) is 4.08. The van der Waals surface area contributed by atoms with Crippen molar-refractivity contribution in [3.05, 3.63) is 12.2 Å². The highest BCUT2D eigenvalue weighted by Crippen LogP contribution is 2.52. The van der Waals surface area contributed by atoms with Crippen molar-refractivity contribution >= 4 is 5.97 Å². The second-order valence-electron chi connectivity index (χ2n) is 5.49. The first-order chi connectivity index (χ1) is 6.81. The monoisotopic (exact) mass is 210 g/mol. The Morgan fingerprint density at radius 3 is 2.67 bits per heavy atom. The zero-order valence-electron chi connectivity index (χ0n) is 9.54. The van der Waals surface area contributed by atoms with E-state index in [-0.39, 0.29) is 11.4 Å². The number of carbonyl (C=O) groups excluding carboxylic acids is 1. The first kappa shape index (κ1) is 10.7. The summed E-state index contributed by atoms with van der Waals surface area (Å²) in [6, 6.07) is 0. The Balaban J connectivity index is 2.50. The Hall–Kier alpha value is -0.830. The Morgan fingerprint density at radius 1 is 1.33 bits per heavy atom. The maximum atomic E-state index is 11.3. The summed E-state index contributed by atoms with van der Waals surface area (Å²) in [6.07, 6.45) is 5.61. The van der Waals surface area contributed by atoms with E-state index in [1.54, 1.807) is 6.08 Å². The van der Waals surface area contributed by atoms with Gasteiger partial charge in [0.05, 0.1) is 0 Å². The molecule has 2 unspecified atom stereocenters. The number of esters is 1. The van der Waals surface area contributed by atoms with Crippen LogP contribution in [-0.2, 0) is 9.53 Å². The summed E-state index contributed by atoms with van der Waals surface area (Å²) in [4.78, 5) is 11.3. The molecule has 15 heavy (non-hydrogen) atoms. The standard InChI is InChI=1S/C12H18O3/c1-10(2)6-4-7-11(3)12(10,14)8-5-9(13)15-11/h5,8,14H,4,6-7H2,1-3H3. The summed E-state index contributed by atoms with van der Waals surface area (Å²) in [5.74, 6) is -0.347. The number of aliphatic hydroxyl groups is 1. The van der Waals surface area contributed by atoms with Crippen molar-refractivity contribution in [2.75, 3.05) is 0 Å². The quantitative estimate of drug-likeness (QED) is 0.620. The number of fused-ring (bicyclic) bond motifs is 1. The molecule has 0 bridgehead atoms. The molecular formula is C12H18O3. The number of rotatable bonds is 0. The fourth-order valence-electron chi connectivity index (χ4n) is 2.94. The summed E-state index contributed by atoms with van der Waals surface area (Å²) in [5.41, 5.74) is -2.05. The molecule has 2 rings (SSSR count). The molecule has 0 saturated heterocycles. The molecule has 0 aromatic rings. The van der Waals surface area contributed by atoms with Gasteiger partial charge in [0, 0.05) is 11.5 Å². The lowest BCUT2D eigenvalue weighted by molar-refractivity contribution is -0.222. The first-order valence-corrected chi connectivity index (χ1v) is 5.45. The van der Waals surface area contributed by atoms with Gasteiger partial charge in [0.25, 0.3) is 0 Å². The Bertz CT molecular complexity index is 332. The van der Waals surface area contributed by atoms with Gasteiger partial charge in [0.15, 0.2) is 0 Å². The molecule has 0 aromatic carbocycles. The lowest BCUT2D eigenvalue weighted by Crippen LogP contribution is -2.65. The van der Waals surface area contributed by atoms with E-state index in [1.807, 2.05) is 20.8 Å². The van der Waals surface area contributed by atoms with Crippen LogP contribution in [0.5, 0.6) is 0 Å². The highest BCUT2D eigenvalue weighted by molar-refractivity contribution is 5.84. The Morgan fingerprint density at radius 2 is 2.00 bits per heavy atom. The molecule has 84 valence electrons. The van der Waals surface area contributed by atoms with E-state index in [0.717, 1.165) is 19.3 Å². The zero-order chi connectivity index (χ0) is 11.3. The maximum absolute atomic E-state index is 11.3. The van der Waals surface area contributed by atoms with Crippen LogP contribution in [0, 0.1) is 5.41 Å². The highest BCUT2D eigenvalue weighted by Gasteiger charge is 2.60. The smallest absolute Gasteiger partial charge is 0.331 e. The minimum atomic E-state index is -1.04. The van der Waals surface area contributed by atoms with E-state index in [9.17, 15) is 9.90 Å².